The van der Waals surface area contributed by atoms with Crippen LogP contribution >= 0.6 is 46.4 Å². The first-order valence-corrected chi connectivity index (χ1v) is 11.5. The molecule has 28 heavy (non-hydrogen) atoms. The molecule has 0 unspecified atom stereocenters. The zero-order valence-corrected chi connectivity index (χ0v) is 19.2. The first-order valence-electron chi connectivity index (χ1n) is 8.42. The van der Waals surface area contributed by atoms with Crippen LogP contribution in [-0.2, 0) is 5.22 Å². The van der Waals surface area contributed by atoms with Gasteiger partial charge in [-0.15, -0.1) is 12.3 Å². The van der Waals surface area contributed by atoms with Crippen LogP contribution in [0.5, 0.6) is 5.75 Å². The van der Waals surface area contributed by atoms with Crippen LogP contribution in [0.4, 0.5) is 5.69 Å². The van der Waals surface area contributed by atoms with Gasteiger partial charge in [-0.2, -0.15) is 0 Å². The second kappa shape index (κ2) is 8.81. The van der Waals surface area contributed by atoms with E-state index in [4.69, 9.17) is 56.9 Å². The summed E-state index contributed by atoms with van der Waals surface area (Å²) in [5.41, 5.74) is 10.1. The highest BCUT2D eigenvalue weighted by molar-refractivity contribution is 6.47. The average molecular weight is 469 g/mol. The Kier molecular flexibility index (Phi) is 6.64. The van der Waals surface area contributed by atoms with E-state index in [1.807, 2.05) is 42.1 Å². The molecule has 3 aromatic rings. The topological polar surface area (TPSA) is 35.2 Å². The van der Waals surface area contributed by atoms with Gasteiger partial charge in [0, 0.05) is 5.69 Å². The lowest BCUT2D eigenvalue weighted by Crippen LogP contribution is -2.40. The van der Waals surface area contributed by atoms with E-state index in [0.717, 1.165) is 11.1 Å². The normalized spacial score (nSPS) is 11.7. The number of nitrogens with two attached hydrogens (primary N) is 1. The van der Waals surface area contributed by atoms with E-state index in [0.29, 0.717) is 31.5 Å². The standard InChI is InChI=1S/C21H17Cl4NOSi/c1-2-28-21(13-3-9-17(22)19(24)11-13,14-4-10-18(23)20(25)12-14)27-16-7-5-15(26)6-8-16/h2-12H,1,26,28H2. The van der Waals surface area contributed by atoms with E-state index in [-0.39, 0.29) is 0 Å². The molecule has 0 amide bonds. The molecule has 0 bridgehead atoms. The summed E-state index contributed by atoms with van der Waals surface area (Å²) < 4.78 is 6.59. The molecule has 7 heteroatoms. The summed E-state index contributed by atoms with van der Waals surface area (Å²) in [6.07, 6.45) is 0. The van der Waals surface area contributed by atoms with Gasteiger partial charge < -0.3 is 10.5 Å². The van der Waals surface area contributed by atoms with Gasteiger partial charge in [0.25, 0.3) is 0 Å². The maximum atomic E-state index is 6.59. The molecule has 0 saturated heterocycles. The third kappa shape index (κ3) is 4.34. The minimum absolute atomic E-state index is 0.447. The Balaban J connectivity index is 2.24. The summed E-state index contributed by atoms with van der Waals surface area (Å²) in [6, 6.07) is 18.2. The van der Waals surface area contributed by atoms with Gasteiger partial charge in [0.1, 0.15) is 20.5 Å². The van der Waals surface area contributed by atoms with Crippen molar-refractivity contribution in [2.75, 3.05) is 5.73 Å². The van der Waals surface area contributed by atoms with Crippen molar-refractivity contribution >= 4 is 61.6 Å². The lowest BCUT2D eigenvalue weighted by molar-refractivity contribution is 0.198. The molecule has 2 nitrogen and oxygen atoms in total. The summed E-state index contributed by atoms with van der Waals surface area (Å²) in [6.45, 7) is 3.98. The molecular weight excluding hydrogens is 452 g/mol. The van der Waals surface area contributed by atoms with Gasteiger partial charge in [0.05, 0.1) is 20.1 Å². The van der Waals surface area contributed by atoms with Gasteiger partial charge in [-0.05, 0) is 59.7 Å². The van der Waals surface area contributed by atoms with Gasteiger partial charge in [0.15, 0.2) is 0 Å². The zero-order chi connectivity index (χ0) is 20.3. The summed E-state index contributed by atoms with van der Waals surface area (Å²) in [5, 5.41) is 1.04. The van der Waals surface area contributed by atoms with E-state index >= 15 is 0 Å². The van der Waals surface area contributed by atoms with Gasteiger partial charge in [0.2, 0.25) is 0 Å². The summed E-state index contributed by atoms with van der Waals surface area (Å²) >= 11 is 24.9. The Morgan fingerprint density at radius 2 is 1.29 bits per heavy atom. The van der Waals surface area contributed by atoms with E-state index in [1.165, 1.54) is 0 Å². The molecule has 0 fully saturated rings. The van der Waals surface area contributed by atoms with Crippen molar-refractivity contribution in [3.8, 4) is 5.75 Å². The molecule has 0 aliphatic carbocycles. The van der Waals surface area contributed by atoms with E-state index in [2.05, 4.69) is 6.58 Å². The average Bonchev–Trinajstić information content (AvgIpc) is 2.67. The summed E-state index contributed by atoms with van der Waals surface area (Å²) in [5.74, 6) is 0.667. The summed E-state index contributed by atoms with van der Waals surface area (Å²) in [7, 11) is -1.07. The summed E-state index contributed by atoms with van der Waals surface area (Å²) in [4.78, 5) is 0. The molecule has 3 rings (SSSR count). The Labute approximate surface area is 186 Å². The highest BCUT2D eigenvalue weighted by atomic mass is 35.5. The number of rotatable bonds is 6. The number of ether oxygens (including phenoxy) is 1. The van der Waals surface area contributed by atoms with Gasteiger partial charge in [-0.3, -0.25) is 0 Å². The van der Waals surface area contributed by atoms with Crippen LogP contribution in [0.2, 0.25) is 20.1 Å². The molecular formula is C21H17Cl4NOSi. The maximum absolute atomic E-state index is 6.59. The van der Waals surface area contributed by atoms with Crippen molar-refractivity contribution in [3.05, 3.63) is 104 Å². The van der Waals surface area contributed by atoms with Crippen LogP contribution in [0.3, 0.4) is 0 Å². The molecule has 144 valence electrons. The molecule has 0 atom stereocenters. The quantitative estimate of drug-likeness (QED) is 0.332. The third-order valence-corrected chi connectivity index (χ3v) is 7.68. The smallest absolute Gasteiger partial charge is 0.142 e. The van der Waals surface area contributed by atoms with Crippen LogP contribution < -0.4 is 10.5 Å². The number of anilines is 1. The van der Waals surface area contributed by atoms with E-state index < -0.39 is 14.7 Å². The molecule has 0 radical (unpaired) electrons. The third-order valence-electron chi connectivity index (χ3n) is 4.38. The highest BCUT2D eigenvalue weighted by Crippen LogP contribution is 2.39. The van der Waals surface area contributed by atoms with Crippen molar-refractivity contribution in [1.29, 1.82) is 0 Å². The predicted octanol–water partition coefficient (Wildman–Crippen LogP) is 6.47. The number of nitrogen functional groups attached to an aromatic ring is 1. The second-order valence-corrected chi connectivity index (χ2v) is 9.86. The van der Waals surface area contributed by atoms with Crippen molar-refractivity contribution in [1.82, 2.24) is 0 Å². The number of hydrogen-bond donors (Lipinski definition) is 1. The molecule has 0 spiro atoms. The number of benzene rings is 3. The zero-order valence-electron chi connectivity index (χ0n) is 14.8. The number of hydrogen-bond acceptors (Lipinski definition) is 2. The monoisotopic (exact) mass is 467 g/mol. The van der Waals surface area contributed by atoms with Gasteiger partial charge >= 0.3 is 0 Å². The van der Waals surface area contributed by atoms with Crippen LogP contribution in [0.15, 0.2) is 72.9 Å². The maximum Gasteiger partial charge on any atom is 0.142 e. The lowest BCUT2D eigenvalue weighted by Gasteiger charge is -2.35. The predicted molar refractivity (Wildman–Crippen MR) is 124 cm³/mol. The van der Waals surface area contributed by atoms with E-state index in [9.17, 15) is 0 Å². The second-order valence-electron chi connectivity index (χ2n) is 6.25. The largest absolute Gasteiger partial charge is 0.482 e. The SMILES string of the molecule is C=C[SiH2]C(Oc1ccc(N)cc1)(c1ccc(Cl)c(Cl)c1)c1ccc(Cl)c(Cl)c1. The fourth-order valence-electron chi connectivity index (χ4n) is 3.00. The Bertz CT molecular complexity index is 956. The Morgan fingerprint density at radius 3 is 1.71 bits per heavy atom. The minimum Gasteiger partial charge on any atom is -0.482 e. The molecule has 2 N–H and O–H groups in total. The van der Waals surface area contributed by atoms with Crippen LogP contribution in [0.1, 0.15) is 11.1 Å². The molecule has 0 aliphatic heterocycles. The van der Waals surface area contributed by atoms with Crippen LogP contribution in [-0.4, -0.2) is 9.52 Å². The van der Waals surface area contributed by atoms with Gasteiger partial charge in [-0.25, -0.2) is 0 Å². The number of halogens is 4. The Hall–Kier alpha value is -1.62. The van der Waals surface area contributed by atoms with E-state index in [1.54, 1.807) is 24.3 Å². The molecule has 0 heterocycles. The van der Waals surface area contributed by atoms with Crippen molar-refractivity contribution < 1.29 is 4.74 Å². The first-order chi connectivity index (χ1) is 13.4. The lowest BCUT2D eigenvalue weighted by atomic mass is 10.00. The molecule has 0 aromatic heterocycles. The van der Waals surface area contributed by atoms with Crippen molar-refractivity contribution in [2.45, 2.75) is 5.22 Å². The molecule has 0 saturated carbocycles. The highest BCUT2D eigenvalue weighted by Gasteiger charge is 2.37. The van der Waals surface area contributed by atoms with Crippen molar-refractivity contribution in [3.63, 3.8) is 0 Å². The Morgan fingerprint density at radius 1 is 0.786 bits per heavy atom. The van der Waals surface area contributed by atoms with Gasteiger partial charge in [-0.1, -0.05) is 58.5 Å². The minimum atomic E-state index is -1.07. The fourth-order valence-corrected chi connectivity index (χ4v) is 5.16. The molecule has 0 aliphatic rings. The van der Waals surface area contributed by atoms with Crippen LogP contribution in [0, 0.1) is 0 Å². The van der Waals surface area contributed by atoms with Crippen molar-refractivity contribution in [2.24, 2.45) is 0 Å². The first kappa shape index (κ1) is 21.1. The molecule has 3 aromatic carbocycles. The van der Waals surface area contributed by atoms with Crippen LogP contribution in [0.25, 0.3) is 0 Å². The fraction of sp³-hybridized carbons (Fsp3) is 0.0476.